The molecule has 0 radical (unpaired) electrons. The Morgan fingerprint density at radius 2 is 1.75 bits per heavy atom. The van der Waals surface area contributed by atoms with E-state index in [9.17, 15) is 0 Å². The minimum Gasteiger partial charge on any atom is -0.310 e. The molecule has 1 unspecified atom stereocenters. The van der Waals surface area contributed by atoms with Crippen molar-refractivity contribution in [2.24, 2.45) is 5.41 Å². The van der Waals surface area contributed by atoms with Crippen LogP contribution in [0.2, 0.25) is 0 Å². The van der Waals surface area contributed by atoms with Crippen LogP contribution in [0.1, 0.15) is 81.9 Å². The highest BCUT2D eigenvalue weighted by molar-refractivity contribution is 5.29. The second-order valence-electron chi connectivity index (χ2n) is 7.15. The minimum absolute atomic E-state index is 0.452. The van der Waals surface area contributed by atoms with E-state index < -0.39 is 0 Å². The molecule has 1 aromatic rings. The number of benzene rings is 1. The van der Waals surface area contributed by atoms with Crippen LogP contribution >= 0.6 is 0 Å². The Labute approximate surface area is 124 Å². The van der Waals surface area contributed by atoms with Gasteiger partial charge < -0.3 is 5.32 Å². The maximum atomic E-state index is 3.76. The van der Waals surface area contributed by atoms with Gasteiger partial charge in [-0.1, -0.05) is 57.4 Å². The van der Waals surface area contributed by atoms with Crippen molar-refractivity contribution in [2.75, 3.05) is 6.54 Å². The van der Waals surface area contributed by atoms with Gasteiger partial charge in [-0.2, -0.15) is 0 Å². The van der Waals surface area contributed by atoms with Gasteiger partial charge in [0.05, 0.1) is 0 Å². The van der Waals surface area contributed by atoms with Crippen molar-refractivity contribution < 1.29 is 0 Å². The zero-order valence-corrected chi connectivity index (χ0v) is 13.1. The van der Waals surface area contributed by atoms with Crippen LogP contribution in [0, 0.1) is 5.41 Å². The van der Waals surface area contributed by atoms with Crippen LogP contribution in [0.4, 0.5) is 0 Å². The van der Waals surface area contributed by atoms with Crippen LogP contribution in [0.5, 0.6) is 0 Å². The predicted octanol–water partition coefficient (Wildman–Crippen LogP) is 5.19. The van der Waals surface area contributed by atoms with Gasteiger partial charge in [-0.05, 0) is 54.7 Å². The first-order valence-corrected chi connectivity index (χ1v) is 8.56. The van der Waals surface area contributed by atoms with E-state index in [0.29, 0.717) is 11.5 Å². The van der Waals surface area contributed by atoms with Crippen LogP contribution in [0.25, 0.3) is 0 Å². The molecule has 1 N–H and O–H groups in total. The molecule has 0 aliphatic heterocycles. The highest BCUT2D eigenvalue weighted by Gasteiger charge is 2.37. The summed E-state index contributed by atoms with van der Waals surface area (Å²) in [4.78, 5) is 0. The smallest absolute Gasteiger partial charge is 0.0374 e. The van der Waals surface area contributed by atoms with E-state index in [1.54, 1.807) is 5.56 Å². The van der Waals surface area contributed by atoms with Gasteiger partial charge in [0.15, 0.2) is 0 Å². The Morgan fingerprint density at radius 3 is 2.25 bits per heavy atom. The molecular formula is C19H29N. The van der Waals surface area contributed by atoms with E-state index in [1.165, 1.54) is 50.5 Å². The van der Waals surface area contributed by atoms with Gasteiger partial charge in [0.2, 0.25) is 0 Å². The molecule has 3 rings (SSSR count). The van der Waals surface area contributed by atoms with Crippen molar-refractivity contribution in [3.8, 4) is 0 Å². The van der Waals surface area contributed by atoms with Crippen molar-refractivity contribution >= 4 is 0 Å². The molecule has 0 amide bonds. The molecule has 2 aliphatic carbocycles. The molecule has 0 heterocycles. The van der Waals surface area contributed by atoms with E-state index in [2.05, 4.69) is 43.4 Å². The third-order valence-corrected chi connectivity index (χ3v) is 5.70. The Balaban J connectivity index is 1.79. The summed E-state index contributed by atoms with van der Waals surface area (Å²) in [5.41, 5.74) is 3.51. The maximum absolute atomic E-state index is 3.76. The normalized spacial score (nSPS) is 23.5. The van der Waals surface area contributed by atoms with Gasteiger partial charge in [-0.3, -0.25) is 0 Å². The summed E-state index contributed by atoms with van der Waals surface area (Å²) in [6.45, 7) is 5.77. The molecule has 0 aromatic heterocycles. The van der Waals surface area contributed by atoms with Crippen LogP contribution in [0.15, 0.2) is 24.3 Å². The third-order valence-electron chi connectivity index (χ3n) is 5.70. The van der Waals surface area contributed by atoms with Crippen molar-refractivity contribution in [1.29, 1.82) is 0 Å². The van der Waals surface area contributed by atoms with Crippen LogP contribution in [-0.4, -0.2) is 6.54 Å². The van der Waals surface area contributed by atoms with Crippen LogP contribution in [0.3, 0.4) is 0 Å². The molecule has 2 saturated carbocycles. The van der Waals surface area contributed by atoms with Gasteiger partial charge >= 0.3 is 0 Å². The number of hydrogen-bond acceptors (Lipinski definition) is 1. The zero-order chi connectivity index (χ0) is 14.0. The van der Waals surface area contributed by atoms with E-state index >= 15 is 0 Å². The molecule has 0 bridgehead atoms. The first-order valence-electron chi connectivity index (χ1n) is 8.56. The fraction of sp³-hybridized carbons (Fsp3) is 0.684. The largest absolute Gasteiger partial charge is 0.310 e. The van der Waals surface area contributed by atoms with E-state index in [0.717, 1.165) is 12.5 Å². The lowest BCUT2D eigenvalue weighted by atomic mass is 9.76. The standard InChI is InChI=1S/C19H29N/c1-3-20-18(19(2)13-4-5-14-19)17-11-9-16(10-12-17)15-7-6-8-15/h9-12,15,18,20H,3-8,13-14H2,1-2H3. The third kappa shape index (κ3) is 2.65. The second-order valence-corrected chi connectivity index (χ2v) is 7.15. The summed E-state index contributed by atoms with van der Waals surface area (Å²) in [5.74, 6) is 0.851. The first-order chi connectivity index (χ1) is 9.73. The topological polar surface area (TPSA) is 12.0 Å². The average Bonchev–Trinajstić information content (AvgIpc) is 2.83. The van der Waals surface area contributed by atoms with Crippen molar-refractivity contribution in [2.45, 2.75) is 70.8 Å². The van der Waals surface area contributed by atoms with Gasteiger partial charge in [-0.15, -0.1) is 0 Å². The van der Waals surface area contributed by atoms with Crippen LogP contribution in [-0.2, 0) is 0 Å². The monoisotopic (exact) mass is 271 g/mol. The summed E-state index contributed by atoms with van der Waals surface area (Å²) in [5, 5.41) is 3.76. The highest BCUT2D eigenvalue weighted by Crippen LogP contribution is 2.47. The second kappa shape index (κ2) is 5.89. The summed E-state index contributed by atoms with van der Waals surface area (Å²) in [6.07, 6.45) is 9.76. The highest BCUT2D eigenvalue weighted by atomic mass is 14.9. The lowest BCUT2D eigenvalue weighted by Gasteiger charge is -2.35. The fourth-order valence-electron chi connectivity index (χ4n) is 4.14. The lowest BCUT2D eigenvalue weighted by Crippen LogP contribution is -2.34. The van der Waals surface area contributed by atoms with Gasteiger partial charge in [0.1, 0.15) is 0 Å². The van der Waals surface area contributed by atoms with Crippen LogP contribution < -0.4 is 5.32 Å². The molecule has 1 nitrogen and oxygen atoms in total. The van der Waals surface area contributed by atoms with Crippen molar-refractivity contribution in [3.05, 3.63) is 35.4 Å². The van der Waals surface area contributed by atoms with Crippen molar-refractivity contribution in [3.63, 3.8) is 0 Å². The quantitative estimate of drug-likeness (QED) is 0.777. The molecule has 1 atom stereocenters. The Morgan fingerprint density at radius 1 is 1.10 bits per heavy atom. The van der Waals surface area contributed by atoms with Crippen molar-refractivity contribution in [1.82, 2.24) is 5.32 Å². The molecule has 0 saturated heterocycles. The SMILES string of the molecule is CCNC(c1ccc(C2CCC2)cc1)C1(C)CCCC1. The zero-order valence-electron chi connectivity index (χ0n) is 13.1. The van der Waals surface area contributed by atoms with Gasteiger partial charge in [-0.25, -0.2) is 0 Å². The minimum atomic E-state index is 0.452. The van der Waals surface area contributed by atoms with Gasteiger partial charge in [0, 0.05) is 6.04 Å². The molecule has 1 heteroatoms. The number of nitrogens with one attached hydrogen (secondary N) is 1. The summed E-state index contributed by atoms with van der Waals surface area (Å²) >= 11 is 0. The van der Waals surface area contributed by atoms with E-state index in [-0.39, 0.29) is 0 Å². The Bertz CT molecular complexity index is 424. The molecular weight excluding hydrogens is 242 g/mol. The fourth-order valence-corrected chi connectivity index (χ4v) is 4.14. The first kappa shape index (κ1) is 14.1. The lowest BCUT2D eigenvalue weighted by molar-refractivity contribution is 0.226. The molecule has 110 valence electrons. The average molecular weight is 271 g/mol. The molecule has 2 fully saturated rings. The number of hydrogen-bond donors (Lipinski definition) is 1. The Hall–Kier alpha value is -0.820. The Kier molecular flexibility index (Phi) is 4.16. The summed E-state index contributed by atoms with van der Waals surface area (Å²) < 4.78 is 0. The molecule has 0 spiro atoms. The van der Waals surface area contributed by atoms with E-state index in [1.807, 2.05) is 0 Å². The predicted molar refractivity (Wildman–Crippen MR) is 86.0 cm³/mol. The summed E-state index contributed by atoms with van der Waals surface area (Å²) in [7, 11) is 0. The van der Waals surface area contributed by atoms with Gasteiger partial charge in [0.25, 0.3) is 0 Å². The summed E-state index contributed by atoms with van der Waals surface area (Å²) in [6, 6.07) is 10.1. The molecule has 20 heavy (non-hydrogen) atoms. The molecule has 2 aliphatic rings. The van der Waals surface area contributed by atoms with E-state index in [4.69, 9.17) is 0 Å². The maximum Gasteiger partial charge on any atom is 0.0374 e. The number of rotatable bonds is 5. The molecule has 1 aromatic carbocycles.